The number of carbonyl (C=O) groups is 1. The number of sulfonamides is 1. The van der Waals surface area contributed by atoms with Crippen molar-refractivity contribution in [1.82, 2.24) is 4.72 Å². The zero-order chi connectivity index (χ0) is 20.5. The molecule has 0 saturated heterocycles. The largest absolute Gasteiger partial charge is 0.299 e. The minimum Gasteiger partial charge on any atom is -0.299 e. The molecule has 2 aromatic carbocycles. The lowest BCUT2D eigenvalue weighted by Gasteiger charge is -2.44. The van der Waals surface area contributed by atoms with E-state index in [1.807, 2.05) is 37.3 Å². The van der Waals surface area contributed by atoms with Gasteiger partial charge in [0.25, 0.3) is 0 Å². The van der Waals surface area contributed by atoms with Gasteiger partial charge in [0.15, 0.2) is 0 Å². The van der Waals surface area contributed by atoms with Gasteiger partial charge in [-0.1, -0.05) is 68.8 Å². The lowest BCUT2D eigenvalue weighted by atomic mass is 9.61. The number of ketones is 1. The van der Waals surface area contributed by atoms with E-state index < -0.39 is 22.0 Å². The van der Waals surface area contributed by atoms with Crippen LogP contribution in [0.3, 0.4) is 0 Å². The summed E-state index contributed by atoms with van der Waals surface area (Å²) in [6.07, 6.45) is 1.31. The Balaban J connectivity index is 2.03. The minimum absolute atomic E-state index is 0.0269. The number of aryl methyl sites for hydroxylation is 1. The van der Waals surface area contributed by atoms with E-state index in [2.05, 4.69) is 25.5 Å². The maximum Gasteiger partial charge on any atom is 0.241 e. The van der Waals surface area contributed by atoms with E-state index in [-0.39, 0.29) is 22.0 Å². The van der Waals surface area contributed by atoms with E-state index in [0.29, 0.717) is 6.42 Å². The SMILES string of the molecule is Cc1ccc(S(=O)(=O)N[C@H](c2ccccc2)[C@H]2C(=O)CCC(C)(C)[C@H]2C)cc1. The molecule has 0 heterocycles. The number of carbonyl (C=O) groups excluding carboxylic acids is 1. The fourth-order valence-electron chi connectivity index (χ4n) is 4.04. The summed E-state index contributed by atoms with van der Waals surface area (Å²) in [6, 6.07) is 15.6. The molecule has 1 N–H and O–H groups in total. The van der Waals surface area contributed by atoms with E-state index in [1.165, 1.54) is 0 Å². The Hall–Kier alpha value is -1.98. The Morgan fingerprint density at radius 1 is 1.04 bits per heavy atom. The molecule has 0 radical (unpaired) electrons. The molecule has 5 heteroatoms. The first kappa shape index (κ1) is 20.7. The van der Waals surface area contributed by atoms with Gasteiger partial charge in [0, 0.05) is 12.3 Å². The van der Waals surface area contributed by atoms with Gasteiger partial charge in [-0.15, -0.1) is 0 Å². The van der Waals surface area contributed by atoms with Crippen LogP contribution >= 0.6 is 0 Å². The first-order valence-electron chi connectivity index (χ1n) is 9.78. The minimum atomic E-state index is -3.76. The van der Waals surface area contributed by atoms with Crippen LogP contribution in [0.15, 0.2) is 59.5 Å². The molecule has 0 amide bonds. The Kier molecular flexibility index (Phi) is 5.78. The highest BCUT2D eigenvalue weighted by atomic mass is 32.2. The van der Waals surface area contributed by atoms with Gasteiger partial charge in [-0.05, 0) is 42.4 Å². The topological polar surface area (TPSA) is 63.2 Å². The average Bonchev–Trinajstić information content (AvgIpc) is 2.66. The van der Waals surface area contributed by atoms with Gasteiger partial charge in [0.05, 0.1) is 10.9 Å². The van der Waals surface area contributed by atoms with Gasteiger partial charge in [-0.2, -0.15) is 0 Å². The molecule has 0 bridgehead atoms. The molecule has 150 valence electrons. The highest BCUT2D eigenvalue weighted by molar-refractivity contribution is 7.89. The zero-order valence-corrected chi connectivity index (χ0v) is 17.8. The van der Waals surface area contributed by atoms with E-state index >= 15 is 0 Å². The van der Waals surface area contributed by atoms with Crippen LogP contribution in [0.5, 0.6) is 0 Å². The summed E-state index contributed by atoms with van der Waals surface area (Å²) in [4.78, 5) is 13.2. The molecule has 3 atom stereocenters. The number of rotatable bonds is 5. The number of nitrogens with one attached hydrogen (secondary N) is 1. The molecular formula is C23H29NO3S. The van der Waals surface area contributed by atoms with Gasteiger partial charge in [-0.25, -0.2) is 13.1 Å². The van der Waals surface area contributed by atoms with E-state index in [9.17, 15) is 13.2 Å². The smallest absolute Gasteiger partial charge is 0.241 e. The van der Waals surface area contributed by atoms with Crippen LogP contribution in [0.25, 0.3) is 0 Å². The van der Waals surface area contributed by atoms with Crippen molar-refractivity contribution >= 4 is 15.8 Å². The van der Waals surface area contributed by atoms with E-state index in [1.54, 1.807) is 24.3 Å². The van der Waals surface area contributed by atoms with Crippen molar-refractivity contribution in [3.63, 3.8) is 0 Å². The Morgan fingerprint density at radius 2 is 1.64 bits per heavy atom. The molecule has 0 unspecified atom stereocenters. The van der Waals surface area contributed by atoms with E-state index in [4.69, 9.17) is 0 Å². The third-order valence-electron chi connectivity index (χ3n) is 6.29. The van der Waals surface area contributed by atoms with Gasteiger partial charge >= 0.3 is 0 Å². The summed E-state index contributed by atoms with van der Waals surface area (Å²) in [7, 11) is -3.76. The molecule has 3 rings (SSSR count). The molecule has 1 saturated carbocycles. The number of hydrogen-bond acceptors (Lipinski definition) is 3. The van der Waals surface area contributed by atoms with Gasteiger partial charge < -0.3 is 0 Å². The number of hydrogen-bond donors (Lipinski definition) is 1. The summed E-state index contributed by atoms with van der Waals surface area (Å²) in [6.45, 7) is 8.31. The zero-order valence-electron chi connectivity index (χ0n) is 17.0. The quantitative estimate of drug-likeness (QED) is 0.795. The van der Waals surface area contributed by atoms with Crippen molar-refractivity contribution in [3.05, 3.63) is 65.7 Å². The first-order valence-corrected chi connectivity index (χ1v) is 11.3. The second-order valence-corrected chi connectivity index (χ2v) is 10.3. The maximum absolute atomic E-state index is 13.1. The van der Waals surface area contributed by atoms with E-state index in [0.717, 1.165) is 17.5 Å². The second-order valence-electron chi connectivity index (χ2n) is 8.59. The third-order valence-corrected chi connectivity index (χ3v) is 7.75. The highest BCUT2D eigenvalue weighted by Crippen LogP contribution is 2.46. The highest BCUT2D eigenvalue weighted by Gasteiger charge is 2.45. The standard InChI is InChI=1S/C23H29NO3S/c1-16-10-12-19(13-11-16)28(26,27)24-22(18-8-6-5-7-9-18)21-17(2)23(3,4)15-14-20(21)25/h5-13,17,21-22,24H,14-15H2,1-4H3/t17-,21+,22+/m0/s1. The van der Waals surface area contributed by atoms with Crippen LogP contribution in [0.4, 0.5) is 0 Å². The Bertz CT molecular complexity index is 934. The Morgan fingerprint density at radius 3 is 2.25 bits per heavy atom. The van der Waals surface area contributed by atoms with Crippen LogP contribution in [-0.2, 0) is 14.8 Å². The van der Waals surface area contributed by atoms with Crippen LogP contribution in [0.2, 0.25) is 0 Å². The molecule has 0 aliphatic heterocycles. The molecule has 1 aliphatic rings. The molecular weight excluding hydrogens is 370 g/mol. The summed E-state index contributed by atoms with van der Waals surface area (Å²) in [5, 5.41) is 0. The first-order chi connectivity index (χ1) is 13.1. The number of benzene rings is 2. The van der Waals surface area contributed by atoms with Crippen molar-refractivity contribution in [2.45, 2.75) is 51.5 Å². The molecule has 2 aromatic rings. The van der Waals surface area contributed by atoms with Crippen molar-refractivity contribution in [2.75, 3.05) is 0 Å². The predicted molar refractivity (Wildman–Crippen MR) is 111 cm³/mol. The van der Waals surface area contributed by atoms with Crippen molar-refractivity contribution in [1.29, 1.82) is 0 Å². The third kappa shape index (κ3) is 4.20. The molecule has 28 heavy (non-hydrogen) atoms. The van der Waals surface area contributed by atoms with Crippen molar-refractivity contribution in [3.8, 4) is 0 Å². The monoisotopic (exact) mass is 399 g/mol. The fourth-order valence-corrected chi connectivity index (χ4v) is 5.29. The summed E-state index contributed by atoms with van der Waals surface area (Å²) in [5.74, 6) is -0.210. The summed E-state index contributed by atoms with van der Waals surface area (Å²) < 4.78 is 29.1. The predicted octanol–water partition coefficient (Wildman–Crippen LogP) is 4.66. The Labute approximate surface area is 168 Å². The fraction of sp³-hybridized carbons (Fsp3) is 0.435. The van der Waals surface area contributed by atoms with Gasteiger partial charge in [0.2, 0.25) is 10.0 Å². The lowest BCUT2D eigenvalue weighted by Crippen LogP contribution is -2.46. The van der Waals surface area contributed by atoms with Crippen LogP contribution < -0.4 is 4.72 Å². The average molecular weight is 400 g/mol. The van der Waals surface area contributed by atoms with Crippen LogP contribution in [-0.4, -0.2) is 14.2 Å². The van der Waals surface area contributed by atoms with Crippen LogP contribution in [0.1, 0.15) is 50.8 Å². The maximum atomic E-state index is 13.1. The van der Waals surface area contributed by atoms with Crippen molar-refractivity contribution in [2.24, 2.45) is 17.3 Å². The normalized spacial score (nSPS) is 23.4. The number of Topliss-reactive ketones (excluding diaryl/α,β-unsaturated/α-hetero) is 1. The summed E-state index contributed by atoms with van der Waals surface area (Å²) >= 11 is 0. The summed E-state index contributed by atoms with van der Waals surface area (Å²) in [5.41, 5.74) is 1.79. The molecule has 0 spiro atoms. The molecule has 0 aromatic heterocycles. The second kappa shape index (κ2) is 7.80. The lowest BCUT2D eigenvalue weighted by molar-refractivity contribution is -0.131. The molecule has 1 aliphatic carbocycles. The van der Waals surface area contributed by atoms with Gasteiger partial charge in [0.1, 0.15) is 5.78 Å². The van der Waals surface area contributed by atoms with Gasteiger partial charge in [-0.3, -0.25) is 4.79 Å². The van der Waals surface area contributed by atoms with Crippen molar-refractivity contribution < 1.29 is 13.2 Å². The molecule has 4 nitrogen and oxygen atoms in total. The molecule has 1 fully saturated rings. The van der Waals surface area contributed by atoms with Crippen LogP contribution in [0, 0.1) is 24.2 Å².